The van der Waals surface area contributed by atoms with Crippen LogP contribution in [0.4, 0.5) is 8.78 Å². The van der Waals surface area contributed by atoms with Gasteiger partial charge < -0.3 is 0 Å². The minimum Gasteiger partial charge on any atom is -0.216 e. The summed E-state index contributed by atoms with van der Waals surface area (Å²) in [6, 6.07) is 0. The summed E-state index contributed by atoms with van der Waals surface area (Å²) in [5, 5.41) is 0. The Labute approximate surface area is 53.2 Å². The second kappa shape index (κ2) is 5.22. The van der Waals surface area contributed by atoms with Crippen molar-refractivity contribution < 1.29 is 8.78 Å². The van der Waals surface area contributed by atoms with Crippen LogP contribution in [0.1, 0.15) is 6.92 Å². The van der Waals surface area contributed by atoms with Crippen molar-refractivity contribution in [3.8, 4) is 0 Å². The maximum atomic E-state index is 11.8. The van der Waals surface area contributed by atoms with E-state index in [9.17, 15) is 8.78 Å². The van der Waals surface area contributed by atoms with E-state index in [1.54, 1.807) is 0 Å². The Kier molecular flexibility index (Phi) is 4.69. The first kappa shape index (κ1) is 8.08. The molecule has 0 rings (SSSR count). The Balaban J connectivity index is 3.60. The maximum Gasteiger partial charge on any atom is 0.0968 e. The topological polar surface area (TPSA) is 0 Å². The largest absolute Gasteiger partial charge is 0.216 e. The molecule has 0 atom stereocenters. The third-order valence-electron chi connectivity index (χ3n) is 0.621. The van der Waals surface area contributed by atoms with Gasteiger partial charge in [-0.25, -0.2) is 8.78 Å². The third-order valence-corrected chi connectivity index (χ3v) is 0.621. The highest BCUT2D eigenvalue weighted by molar-refractivity contribution is 5.11. The van der Waals surface area contributed by atoms with E-state index in [1.165, 1.54) is 31.2 Å². The van der Waals surface area contributed by atoms with E-state index < -0.39 is 0 Å². The summed E-state index contributed by atoms with van der Waals surface area (Å²) in [6.45, 7) is 1.32. The first-order chi connectivity index (χ1) is 4.27. The van der Waals surface area contributed by atoms with E-state index in [1.807, 2.05) is 0 Å². The number of hydrogen-bond acceptors (Lipinski definition) is 0. The van der Waals surface area contributed by atoms with Gasteiger partial charge in [0.2, 0.25) is 0 Å². The first-order valence-corrected chi connectivity index (χ1v) is 2.53. The summed E-state index contributed by atoms with van der Waals surface area (Å²) in [6.07, 6.45) is 5.64. The summed E-state index contributed by atoms with van der Waals surface area (Å²) in [5.74, 6) is -0.293. The molecule has 0 aliphatic rings. The second-order valence-corrected chi connectivity index (χ2v) is 1.46. The highest BCUT2D eigenvalue weighted by Gasteiger charge is 1.72. The molecule has 0 spiro atoms. The SMILES string of the molecule is C\C(F)=C/C=C\C=C\F. The average Bonchev–Trinajstić information content (AvgIpc) is 1.80. The molecular formula is C7H8F2. The van der Waals surface area contributed by atoms with Crippen molar-refractivity contribution in [1.29, 1.82) is 0 Å². The van der Waals surface area contributed by atoms with Gasteiger partial charge in [0.1, 0.15) is 0 Å². The van der Waals surface area contributed by atoms with Crippen molar-refractivity contribution >= 4 is 0 Å². The van der Waals surface area contributed by atoms with Gasteiger partial charge in [0.05, 0.1) is 12.2 Å². The molecule has 0 aromatic rings. The Morgan fingerprint density at radius 1 is 1.22 bits per heavy atom. The van der Waals surface area contributed by atoms with Gasteiger partial charge in [-0.15, -0.1) is 0 Å². The fourth-order valence-electron chi connectivity index (χ4n) is 0.294. The lowest BCUT2D eigenvalue weighted by Gasteiger charge is -1.74. The predicted molar refractivity (Wildman–Crippen MR) is 34.3 cm³/mol. The lowest BCUT2D eigenvalue weighted by Crippen LogP contribution is -1.54. The van der Waals surface area contributed by atoms with Crippen LogP contribution in [0.5, 0.6) is 0 Å². The molecule has 0 nitrogen and oxygen atoms in total. The zero-order valence-corrected chi connectivity index (χ0v) is 5.14. The minimum absolute atomic E-state index is 0.293. The average molecular weight is 130 g/mol. The lowest BCUT2D eigenvalue weighted by molar-refractivity contribution is 0.640. The van der Waals surface area contributed by atoms with Crippen molar-refractivity contribution in [2.75, 3.05) is 0 Å². The quantitative estimate of drug-likeness (QED) is 0.504. The van der Waals surface area contributed by atoms with E-state index in [4.69, 9.17) is 0 Å². The summed E-state index contributed by atoms with van der Waals surface area (Å²) in [4.78, 5) is 0. The molecule has 0 saturated carbocycles. The molecule has 0 fully saturated rings. The number of allylic oxidation sites excluding steroid dienone is 5. The highest BCUT2D eigenvalue weighted by Crippen LogP contribution is 1.92. The molecule has 0 heterocycles. The number of rotatable bonds is 2. The Morgan fingerprint density at radius 2 is 1.89 bits per heavy atom. The Bertz CT molecular complexity index is 139. The Hall–Kier alpha value is -0.920. The Morgan fingerprint density at radius 3 is 2.33 bits per heavy atom. The zero-order chi connectivity index (χ0) is 7.11. The van der Waals surface area contributed by atoms with Crippen molar-refractivity contribution in [3.05, 3.63) is 36.5 Å². The van der Waals surface area contributed by atoms with Gasteiger partial charge in [-0.2, -0.15) is 0 Å². The first-order valence-electron chi connectivity index (χ1n) is 2.53. The van der Waals surface area contributed by atoms with Crippen molar-refractivity contribution in [3.63, 3.8) is 0 Å². The molecule has 0 aromatic carbocycles. The molecule has 0 radical (unpaired) electrons. The van der Waals surface area contributed by atoms with Gasteiger partial charge >= 0.3 is 0 Å². The molecule has 0 aromatic heterocycles. The van der Waals surface area contributed by atoms with E-state index in [-0.39, 0.29) is 5.83 Å². The van der Waals surface area contributed by atoms with E-state index in [2.05, 4.69) is 0 Å². The fourth-order valence-corrected chi connectivity index (χ4v) is 0.294. The van der Waals surface area contributed by atoms with Crippen LogP contribution in [0.3, 0.4) is 0 Å². The highest BCUT2D eigenvalue weighted by atomic mass is 19.1. The van der Waals surface area contributed by atoms with Crippen molar-refractivity contribution in [1.82, 2.24) is 0 Å². The van der Waals surface area contributed by atoms with E-state index in [0.717, 1.165) is 0 Å². The summed E-state index contributed by atoms with van der Waals surface area (Å²) < 4.78 is 23.0. The normalized spacial score (nSPS) is 13.9. The summed E-state index contributed by atoms with van der Waals surface area (Å²) in [5.41, 5.74) is 0. The van der Waals surface area contributed by atoms with Gasteiger partial charge in [-0.05, 0) is 19.1 Å². The predicted octanol–water partition coefficient (Wildman–Crippen LogP) is 2.90. The van der Waals surface area contributed by atoms with Crippen molar-refractivity contribution in [2.24, 2.45) is 0 Å². The molecule has 2 heteroatoms. The maximum absolute atomic E-state index is 11.8. The van der Waals surface area contributed by atoms with E-state index in [0.29, 0.717) is 6.33 Å². The van der Waals surface area contributed by atoms with Gasteiger partial charge in [-0.3, -0.25) is 0 Å². The number of hydrogen-bond donors (Lipinski definition) is 0. The zero-order valence-electron chi connectivity index (χ0n) is 5.14. The van der Waals surface area contributed by atoms with Gasteiger partial charge in [0, 0.05) is 0 Å². The second-order valence-electron chi connectivity index (χ2n) is 1.46. The molecule has 0 aliphatic carbocycles. The standard InChI is InChI=1S/C7H8F2/c1-7(9)5-3-2-4-6-8/h2-6H,1H3/b3-2-,6-4+,7-5+. The van der Waals surface area contributed by atoms with Crippen LogP contribution in [0.25, 0.3) is 0 Å². The lowest BCUT2D eigenvalue weighted by atomic mass is 10.4. The summed E-state index contributed by atoms with van der Waals surface area (Å²) in [7, 11) is 0. The monoisotopic (exact) mass is 130 g/mol. The molecule has 0 bridgehead atoms. The van der Waals surface area contributed by atoms with Crippen LogP contribution in [-0.2, 0) is 0 Å². The van der Waals surface area contributed by atoms with Crippen molar-refractivity contribution in [2.45, 2.75) is 6.92 Å². The molecule has 50 valence electrons. The van der Waals surface area contributed by atoms with Gasteiger partial charge in [0.25, 0.3) is 0 Å². The van der Waals surface area contributed by atoms with Gasteiger partial charge in [0.15, 0.2) is 0 Å². The van der Waals surface area contributed by atoms with Crippen LogP contribution in [-0.4, -0.2) is 0 Å². The molecule has 0 amide bonds. The van der Waals surface area contributed by atoms with Gasteiger partial charge in [-0.1, -0.05) is 12.2 Å². The van der Waals surface area contributed by atoms with Crippen LogP contribution in [0.15, 0.2) is 36.5 Å². The molecule has 0 N–H and O–H groups in total. The fraction of sp³-hybridized carbons (Fsp3) is 0.143. The third kappa shape index (κ3) is 7.08. The molecule has 0 aliphatic heterocycles. The van der Waals surface area contributed by atoms with Crippen LogP contribution >= 0.6 is 0 Å². The molecule has 9 heavy (non-hydrogen) atoms. The molecule has 0 saturated heterocycles. The minimum atomic E-state index is -0.293. The van der Waals surface area contributed by atoms with Crippen LogP contribution in [0, 0.1) is 0 Å². The molecule has 0 unspecified atom stereocenters. The number of halogens is 2. The van der Waals surface area contributed by atoms with Crippen LogP contribution in [0.2, 0.25) is 0 Å². The molecular weight excluding hydrogens is 122 g/mol. The van der Waals surface area contributed by atoms with E-state index >= 15 is 0 Å². The smallest absolute Gasteiger partial charge is 0.0968 e. The summed E-state index contributed by atoms with van der Waals surface area (Å²) >= 11 is 0. The van der Waals surface area contributed by atoms with Crippen LogP contribution < -0.4 is 0 Å².